The zero-order valence-electron chi connectivity index (χ0n) is 15.0. The third-order valence-electron chi connectivity index (χ3n) is 4.26. The summed E-state index contributed by atoms with van der Waals surface area (Å²) in [5.41, 5.74) is 2.09. The standard InChI is InChI=1S/C18H22N6O2/c1-13-10-16(17(26)24-8-6-23(7-9-24)14(2)25)22-18(21-13)20-12-15-4-3-5-19-11-15/h3-5,10-11H,6-9,12H2,1-2H3,(H,20,21,22). The number of hydrogen-bond acceptors (Lipinski definition) is 6. The van der Waals surface area contributed by atoms with Crippen molar-refractivity contribution in [3.05, 3.63) is 47.5 Å². The highest BCUT2D eigenvalue weighted by Gasteiger charge is 2.24. The van der Waals surface area contributed by atoms with Gasteiger partial charge in [0, 0.05) is 57.7 Å². The van der Waals surface area contributed by atoms with Crippen LogP contribution in [0, 0.1) is 6.92 Å². The van der Waals surface area contributed by atoms with Gasteiger partial charge in [-0.15, -0.1) is 0 Å². The molecule has 1 N–H and O–H groups in total. The molecule has 3 heterocycles. The number of carbonyl (C=O) groups excluding carboxylic acids is 2. The molecule has 0 atom stereocenters. The summed E-state index contributed by atoms with van der Waals surface area (Å²) in [4.78, 5) is 40.4. The van der Waals surface area contributed by atoms with Crippen molar-refractivity contribution in [3.8, 4) is 0 Å². The van der Waals surface area contributed by atoms with Crippen molar-refractivity contribution in [1.29, 1.82) is 0 Å². The van der Waals surface area contributed by atoms with E-state index in [4.69, 9.17) is 0 Å². The molecule has 2 aromatic rings. The lowest BCUT2D eigenvalue weighted by Gasteiger charge is -2.34. The molecule has 8 heteroatoms. The molecule has 26 heavy (non-hydrogen) atoms. The Kier molecular flexibility index (Phi) is 5.40. The number of aryl methyl sites for hydroxylation is 1. The van der Waals surface area contributed by atoms with E-state index in [2.05, 4.69) is 20.3 Å². The van der Waals surface area contributed by atoms with Crippen LogP contribution in [0.1, 0.15) is 28.7 Å². The molecular weight excluding hydrogens is 332 g/mol. The highest BCUT2D eigenvalue weighted by Crippen LogP contribution is 2.11. The summed E-state index contributed by atoms with van der Waals surface area (Å²) in [6, 6.07) is 5.51. The Morgan fingerprint density at radius 2 is 1.88 bits per heavy atom. The normalized spacial score (nSPS) is 14.2. The molecule has 136 valence electrons. The van der Waals surface area contributed by atoms with E-state index in [1.165, 1.54) is 0 Å². The smallest absolute Gasteiger partial charge is 0.272 e. The van der Waals surface area contributed by atoms with E-state index in [0.717, 1.165) is 11.3 Å². The molecule has 1 saturated heterocycles. The quantitative estimate of drug-likeness (QED) is 0.884. The Morgan fingerprint density at radius 1 is 1.15 bits per heavy atom. The lowest BCUT2D eigenvalue weighted by atomic mass is 10.2. The van der Waals surface area contributed by atoms with Crippen LogP contribution in [-0.2, 0) is 11.3 Å². The van der Waals surface area contributed by atoms with Crippen LogP contribution in [0.2, 0.25) is 0 Å². The van der Waals surface area contributed by atoms with Crippen molar-refractivity contribution in [2.24, 2.45) is 0 Å². The van der Waals surface area contributed by atoms with Gasteiger partial charge in [0.1, 0.15) is 5.69 Å². The van der Waals surface area contributed by atoms with Crippen LogP contribution >= 0.6 is 0 Å². The molecule has 1 aliphatic rings. The molecule has 0 radical (unpaired) electrons. The molecular formula is C18H22N6O2. The number of rotatable bonds is 4. The molecule has 1 fully saturated rings. The summed E-state index contributed by atoms with van der Waals surface area (Å²) in [5, 5.41) is 3.14. The molecule has 3 rings (SSSR count). The van der Waals surface area contributed by atoms with Crippen LogP contribution in [0.25, 0.3) is 0 Å². The minimum absolute atomic E-state index is 0.0388. The van der Waals surface area contributed by atoms with E-state index in [1.807, 2.05) is 19.1 Å². The van der Waals surface area contributed by atoms with Gasteiger partial charge in [-0.05, 0) is 24.6 Å². The maximum atomic E-state index is 12.7. The van der Waals surface area contributed by atoms with Crippen LogP contribution in [-0.4, -0.2) is 62.7 Å². The molecule has 0 saturated carbocycles. The third kappa shape index (κ3) is 4.33. The Morgan fingerprint density at radius 3 is 2.54 bits per heavy atom. The highest BCUT2D eigenvalue weighted by atomic mass is 16.2. The molecule has 0 spiro atoms. The molecule has 2 amide bonds. The average molecular weight is 354 g/mol. The summed E-state index contributed by atoms with van der Waals surface area (Å²) in [6.07, 6.45) is 3.48. The fourth-order valence-electron chi connectivity index (χ4n) is 2.83. The van der Waals surface area contributed by atoms with Crippen molar-refractivity contribution in [1.82, 2.24) is 24.8 Å². The first-order chi connectivity index (χ1) is 12.5. The fraction of sp³-hybridized carbons (Fsp3) is 0.389. The van der Waals surface area contributed by atoms with Crippen LogP contribution in [0.15, 0.2) is 30.6 Å². The topological polar surface area (TPSA) is 91.3 Å². The Labute approximate surface area is 152 Å². The van der Waals surface area contributed by atoms with Gasteiger partial charge in [0.15, 0.2) is 0 Å². The summed E-state index contributed by atoms with van der Waals surface area (Å²) in [5.74, 6) is 0.319. The monoisotopic (exact) mass is 354 g/mol. The number of amides is 2. The molecule has 2 aromatic heterocycles. The van der Waals surface area contributed by atoms with Crippen LogP contribution in [0.5, 0.6) is 0 Å². The lowest BCUT2D eigenvalue weighted by Crippen LogP contribution is -2.50. The Hall–Kier alpha value is -3.03. The molecule has 0 unspecified atom stereocenters. The highest BCUT2D eigenvalue weighted by molar-refractivity contribution is 5.93. The first-order valence-corrected chi connectivity index (χ1v) is 8.56. The number of hydrogen-bond donors (Lipinski definition) is 1. The van der Waals surface area contributed by atoms with Gasteiger partial charge >= 0.3 is 0 Å². The Bertz CT molecular complexity index is 788. The minimum Gasteiger partial charge on any atom is -0.350 e. The van der Waals surface area contributed by atoms with E-state index >= 15 is 0 Å². The predicted octanol–water partition coefficient (Wildman–Crippen LogP) is 1.10. The van der Waals surface area contributed by atoms with E-state index in [9.17, 15) is 9.59 Å². The first-order valence-electron chi connectivity index (χ1n) is 8.56. The molecule has 0 aliphatic carbocycles. The molecule has 8 nitrogen and oxygen atoms in total. The van der Waals surface area contributed by atoms with Crippen molar-refractivity contribution in [2.45, 2.75) is 20.4 Å². The van der Waals surface area contributed by atoms with Crippen molar-refractivity contribution < 1.29 is 9.59 Å². The van der Waals surface area contributed by atoms with Gasteiger partial charge in [0.25, 0.3) is 5.91 Å². The molecule has 0 aromatic carbocycles. The number of aromatic nitrogens is 3. The van der Waals surface area contributed by atoms with Gasteiger partial charge in [-0.3, -0.25) is 14.6 Å². The maximum absolute atomic E-state index is 12.7. The van der Waals surface area contributed by atoms with Crippen LogP contribution in [0.4, 0.5) is 5.95 Å². The van der Waals surface area contributed by atoms with Gasteiger partial charge < -0.3 is 15.1 Å². The fourth-order valence-corrected chi connectivity index (χ4v) is 2.83. The van der Waals surface area contributed by atoms with Crippen LogP contribution in [0.3, 0.4) is 0 Å². The lowest BCUT2D eigenvalue weighted by molar-refractivity contribution is -0.130. The molecule has 1 aliphatic heterocycles. The van der Waals surface area contributed by atoms with Crippen molar-refractivity contribution in [2.75, 3.05) is 31.5 Å². The number of anilines is 1. The third-order valence-corrected chi connectivity index (χ3v) is 4.26. The maximum Gasteiger partial charge on any atom is 0.272 e. The second-order valence-corrected chi connectivity index (χ2v) is 6.23. The van der Waals surface area contributed by atoms with E-state index < -0.39 is 0 Å². The first kappa shape index (κ1) is 17.8. The Balaban J connectivity index is 1.67. The summed E-state index contributed by atoms with van der Waals surface area (Å²) in [6.45, 7) is 6.05. The van der Waals surface area contributed by atoms with Gasteiger partial charge in [-0.1, -0.05) is 6.07 Å². The number of piperazine rings is 1. The predicted molar refractivity (Wildman–Crippen MR) is 96.5 cm³/mol. The van der Waals surface area contributed by atoms with E-state index in [-0.39, 0.29) is 11.8 Å². The van der Waals surface area contributed by atoms with Crippen LogP contribution < -0.4 is 5.32 Å². The van der Waals surface area contributed by atoms with E-state index in [1.54, 1.807) is 35.2 Å². The number of carbonyl (C=O) groups is 2. The van der Waals surface area contributed by atoms with E-state index in [0.29, 0.717) is 44.4 Å². The average Bonchev–Trinajstić information content (AvgIpc) is 2.66. The van der Waals surface area contributed by atoms with Gasteiger partial charge in [-0.25, -0.2) is 9.97 Å². The van der Waals surface area contributed by atoms with Crippen molar-refractivity contribution >= 4 is 17.8 Å². The summed E-state index contributed by atoms with van der Waals surface area (Å²) >= 11 is 0. The largest absolute Gasteiger partial charge is 0.350 e. The second-order valence-electron chi connectivity index (χ2n) is 6.23. The molecule has 0 bridgehead atoms. The number of nitrogens with one attached hydrogen (secondary N) is 1. The van der Waals surface area contributed by atoms with Crippen molar-refractivity contribution in [3.63, 3.8) is 0 Å². The second kappa shape index (κ2) is 7.90. The van der Waals surface area contributed by atoms with Gasteiger partial charge in [0.05, 0.1) is 0 Å². The van der Waals surface area contributed by atoms with Gasteiger partial charge in [-0.2, -0.15) is 0 Å². The zero-order valence-corrected chi connectivity index (χ0v) is 15.0. The zero-order chi connectivity index (χ0) is 18.5. The summed E-state index contributed by atoms with van der Waals surface area (Å²) in [7, 11) is 0. The SMILES string of the molecule is CC(=O)N1CCN(C(=O)c2cc(C)nc(NCc3cccnc3)n2)CC1. The van der Waals surface area contributed by atoms with Gasteiger partial charge in [0.2, 0.25) is 11.9 Å². The number of pyridine rings is 1. The summed E-state index contributed by atoms with van der Waals surface area (Å²) < 4.78 is 0. The number of nitrogens with zero attached hydrogens (tertiary/aromatic N) is 5. The minimum atomic E-state index is -0.136.